The van der Waals surface area contributed by atoms with Crippen molar-refractivity contribution in [1.29, 1.82) is 0 Å². The van der Waals surface area contributed by atoms with Gasteiger partial charge in [-0.3, -0.25) is 4.68 Å². The number of hydrogen-bond donors (Lipinski definition) is 1. The summed E-state index contributed by atoms with van der Waals surface area (Å²) in [5.74, 6) is -0.269. The Morgan fingerprint density at radius 1 is 1.44 bits per heavy atom. The maximum Gasteiger partial charge on any atom is 0.132 e. The van der Waals surface area contributed by atoms with E-state index in [2.05, 4.69) is 21.0 Å². The number of aryl methyl sites for hydroxylation is 1. The molecule has 1 aromatic heterocycles. The van der Waals surface area contributed by atoms with Gasteiger partial charge in [0.05, 0.1) is 11.4 Å². The zero-order valence-electron chi connectivity index (χ0n) is 8.74. The maximum absolute atomic E-state index is 13.7. The number of aromatic nitrogens is 2. The molecule has 0 fully saturated rings. The Labute approximate surface area is 101 Å². The molecule has 0 aliphatic carbocycles. The Bertz CT molecular complexity index is 522. The van der Waals surface area contributed by atoms with Gasteiger partial charge in [-0.15, -0.1) is 0 Å². The third-order valence-electron chi connectivity index (χ3n) is 2.34. The van der Waals surface area contributed by atoms with E-state index < -0.39 is 0 Å². The third-order valence-corrected chi connectivity index (χ3v) is 2.84. The fourth-order valence-electron chi connectivity index (χ4n) is 1.57. The van der Waals surface area contributed by atoms with E-state index in [1.54, 1.807) is 29.9 Å². The lowest BCUT2D eigenvalue weighted by molar-refractivity contribution is 0.627. The second-order valence-electron chi connectivity index (χ2n) is 3.47. The van der Waals surface area contributed by atoms with Gasteiger partial charge < -0.3 is 5.73 Å². The molecule has 16 heavy (non-hydrogen) atoms. The van der Waals surface area contributed by atoms with Gasteiger partial charge in [0.25, 0.3) is 0 Å². The molecule has 0 atom stereocenters. The van der Waals surface area contributed by atoms with E-state index in [-0.39, 0.29) is 5.82 Å². The first-order chi connectivity index (χ1) is 7.61. The first kappa shape index (κ1) is 11.3. The van der Waals surface area contributed by atoms with Crippen molar-refractivity contribution in [3.8, 4) is 11.3 Å². The highest BCUT2D eigenvalue weighted by atomic mass is 79.9. The smallest absolute Gasteiger partial charge is 0.132 e. The average molecular weight is 284 g/mol. The van der Waals surface area contributed by atoms with Crippen molar-refractivity contribution in [1.82, 2.24) is 9.78 Å². The minimum absolute atomic E-state index is 0.269. The van der Waals surface area contributed by atoms with Crippen molar-refractivity contribution in [3.05, 3.63) is 40.2 Å². The van der Waals surface area contributed by atoms with Crippen molar-refractivity contribution in [2.24, 2.45) is 12.8 Å². The predicted octanol–water partition coefficient (Wildman–Crippen LogP) is 2.45. The van der Waals surface area contributed by atoms with Crippen molar-refractivity contribution < 1.29 is 4.39 Å². The van der Waals surface area contributed by atoms with Crippen LogP contribution < -0.4 is 5.73 Å². The predicted molar refractivity (Wildman–Crippen MR) is 64.2 cm³/mol. The van der Waals surface area contributed by atoms with Gasteiger partial charge in [-0.25, -0.2) is 4.39 Å². The number of halogens is 2. The van der Waals surface area contributed by atoms with Gasteiger partial charge in [0.15, 0.2) is 0 Å². The topological polar surface area (TPSA) is 43.8 Å². The summed E-state index contributed by atoms with van der Waals surface area (Å²) in [6.45, 7) is 0.351. The molecule has 0 saturated carbocycles. The fourth-order valence-corrected chi connectivity index (χ4v) is 1.93. The van der Waals surface area contributed by atoms with E-state index >= 15 is 0 Å². The fraction of sp³-hybridized carbons (Fsp3) is 0.182. The largest absolute Gasteiger partial charge is 0.325 e. The molecule has 0 unspecified atom stereocenters. The lowest BCUT2D eigenvalue weighted by atomic mass is 10.1. The molecule has 2 N–H and O–H groups in total. The number of hydrogen-bond acceptors (Lipinski definition) is 2. The highest BCUT2D eigenvalue weighted by molar-refractivity contribution is 9.10. The van der Waals surface area contributed by atoms with Gasteiger partial charge in [0, 0.05) is 23.6 Å². The van der Waals surface area contributed by atoms with E-state index in [4.69, 9.17) is 5.73 Å². The monoisotopic (exact) mass is 283 g/mol. The Morgan fingerprint density at radius 3 is 2.81 bits per heavy atom. The Kier molecular flexibility index (Phi) is 3.07. The van der Waals surface area contributed by atoms with Gasteiger partial charge in [0.2, 0.25) is 0 Å². The molecule has 84 valence electrons. The molecule has 0 radical (unpaired) electrons. The van der Waals surface area contributed by atoms with Crippen molar-refractivity contribution in [2.75, 3.05) is 0 Å². The Balaban J connectivity index is 2.57. The maximum atomic E-state index is 13.7. The van der Waals surface area contributed by atoms with Gasteiger partial charge in [0.1, 0.15) is 5.82 Å². The molecule has 0 spiro atoms. The second-order valence-corrected chi connectivity index (χ2v) is 4.39. The van der Waals surface area contributed by atoms with Crippen molar-refractivity contribution in [2.45, 2.75) is 6.54 Å². The zero-order chi connectivity index (χ0) is 11.7. The van der Waals surface area contributed by atoms with Gasteiger partial charge >= 0.3 is 0 Å². The van der Waals surface area contributed by atoms with Gasteiger partial charge in [-0.2, -0.15) is 5.10 Å². The molecule has 0 aliphatic heterocycles. The minimum Gasteiger partial charge on any atom is -0.325 e. The standard InChI is InChI=1S/C11H11BrFN3/c1-16-11(5-8(6-14)15-16)9-4-7(12)2-3-10(9)13/h2-5H,6,14H2,1H3. The molecule has 0 saturated heterocycles. The first-order valence-corrected chi connectivity index (χ1v) is 5.59. The van der Waals surface area contributed by atoms with Crippen LogP contribution in [0.25, 0.3) is 11.3 Å². The third kappa shape index (κ3) is 2.01. The van der Waals surface area contributed by atoms with Crippen molar-refractivity contribution >= 4 is 15.9 Å². The quantitative estimate of drug-likeness (QED) is 0.920. The van der Waals surface area contributed by atoms with Crippen LogP contribution in [-0.2, 0) is 13.6 Å². The van der Waals surface area contributed by atoms with Crippen LogP contribution in [0.4, 0.5) is 4.39 Å². The van der Waals surface area contributed by atoms with Gasteiger partial charge in [-0.05, 0) is 24.3 Å². The molecule has 1 heterocycles. The van der Waals surface area contributed by atoms with E-state index in [0.29, 0.717) is 12.1 Å². The average Bonchev–Trinajstić information content (AvgIpc) is 2.63. The molecule has 2 aromatic rings. The van der Waals surface area contributed by atoms with Crippen LogP contribution in [0.5, 0.6) is 0 Å². The van der Waals surface area contributed by atoms with Crippen LogP contribution >= 0.6 is 15.9 Å². The second kappa shape index (κ2) is 4.35. The Morgan fingerprint density at radius 2 is 2.19 bits per heavy atom. The lowest BCUT2D eigenvalue weighted by Crippen LogP contribution is -1.99. The number of benzene rings is 1. The summed E-state index contributed by atoms with van der Waals surface area (Å²) >= 11 is 3.32. The zero-order valence-corrected chi connectivity index (χ0v) is 10.3. The Hall–Kier alpha value is -1.20. The molecular formula is C11H11BrFN3. The van der Waals surface area contributed by atoms with E-state index in [0.717, 1.165) is 15.9 Å². The lowest BCUT2D eigenvalue weighted by Gasteiger charge is -2.03. The van der Waals surface area contributed by atoms with Crippen LogP contribution in [0.15, 0.2) is 28.7 Å². The molecule has 0 bridgehead atoms. The number of nitrogens with zero attached hydrogens (tertiary/aromatic N) is 2. The molecular weight excluding hydrogens is 273 g/mol. The molecule has 5 heteroatoms. The summed E-state index contributed by atoms with van der Waals surface area (Å²) in [7, 11) is 1.77. The summed E-state index contributed by atoms with van der Waals surface area (Å²) < 4.78 is 16.1. The van der Waals surface area contributed by atoms with Crippen molar-refractivity contribution in [3.63, 3.8) is 0 Å². The molecule has 1 aromatic carbocycles. The van der Waals surface area contributed by atoms with E-state index in [9.17, 15) is 4.39 Å². The molecule has 3 nitrogen and oxygen atoms in total. The van der Waals surface area contributed by atoms with Crippen LogP contribution in [-0.4, -0.2) is 9.78 Å². The molecule has 0 aliphatic rings. The van der Waals surface area contributed by atoms with Gasteiger partial charge in [-0.1, -0.05) is 15.9 Å². The van der Waals surface area contributed by atoms with Crippen LogP contribution in [0, 0.1) is 5.82 Å². The summed E-state index contributed by atoms with van der Waals surface area (Å²) in [5.41, 5.74) is 7.49. The van der Waals surface area contributed by atoms with Crippen LogP contribution in [0.2, 0.25) is 0 Å². The van der Waals surface area contributed by atoms with E-state index in [1.165, 1.54) is 6.07 Å². The highest BCUT2D eigenvalue weighted by Crippen LogP contribution is 2.26. The number of nitrogens with two attached hydrogens (primary N) is 1. The van der Waals surface area contributed by atoms with E-state index in [1.807, 2.05) is 0 Å². The molecule has 2 rings (SSSR count). The summed E-state index contributed by atoms with van der Waals surface area (Å²) in [6.07, 6.45) is 0. The normalized spacial score (nSPS) is 10.8. The van der Waals surface area contributed by atoms with Crippen LogP contribution in [0.3, 0.4) is 0 Å². The summed E-state index contributed by atoms with van der Waals surface area (Å²) in [5, 5.41) is 4.19. The first-order valence-electron chi connectivity index (χ1n) is 4.80. The number of rotatable bonds is 2. The SMILES string of the molecule is Cn1nc(CN)cc1-c1cc(Br)ccc1F. The van der Waals surface area contributed by atoms with Crippen LogP contribution in [0.1, 0.15) is 5.69 Å². The summed E-state index contributed by atoms with van der Waals surface area (Å²) in [4.78, 5) is 0. The molecule has 0 amide bonds. The summed E-state index contributed by atoms with van der Waals surface area (Å²) in [6, 6.07) is 6.62. The highest BCUT2D eigenvalue weighted by Gasteiger charge is 2.11. The minimum atomic E-state index is -0.269.